The van der Waals surface area contributed by atoms with Crippen molar-refractivity contribution in [1.82, 2.24) is 9.78 Å². The number of amides is 2. The maximum atomic E-state index is 12.1. The second kappa shape index (κ2) is 7.98. The molecule has 3 rings (SSSR count). The molecule has 0 aliphatic heterocycles. The molecule has 2 aromatic carbocycles. The third-order valence-electron chi connectivity index (χ3n) is 3.65. The van der Waals surface area contributed by atoms with Crippen molar-refractivity contribution in [2.24, 2.45) is 5.73 Å². The van der Waals surface area contributed by atoms with Crippen molar-refractivity contribution in [2.75, 3.05) is 11.9 Å². The number of aromatic nitrogens is 2. The van der Waals surface area contributed by atoms with Gasteiger partial charge in [-0.2, -0.15) is 5.10 Å². The number of rotatable bonds is 7. The molecule has 0 unspecified atom stereocenters. The van der Waals surface area contributed by atoms with Crippen LogP contribution in [0.15, 0.2) is 66.9 Å². The summed E-state index contributed by atoms with van der Waals surface area (Å²) in [6.07, 6.45) is 1.62. The molecule has 0 saturated carbocycles. The van der Waals surface area contributed by atoms with Crippen molar-refractivity contribution in [1.29, 1.82) is 0 Å². The Hall–Kier alpha value is -3.61. The van der Waals surface area contributed by atoms with Crippen LogP contribution < -0.4 is 15.8 Å². The third kappa shape index (κ3) is 4.47. The molecular weight excluding hydrogens is 332 g/mol. The fraction of sp³-hybridized carbons (Fsp3) is 0.105. The summed E-state index contributed by atoms with van der Waals surface area (Å²) in [5.41, 5.74) is 6.62. The molecule has 2 amide bonds. The Balaban J connectivity index is 1.58. The van der Waals surface area contributed by atoms with Gasteiger partial charge >= 0.3 is 0 Å². The molecule has 0 saturated heterocycles. The van der Waals surface area contributed by atoms with Crippen LogP contribution in [0, 0.1) is 0 Å². The smallest absolute Gasteiger partial charge is 0.263 e. The Morgan fingerprint density at radius 1 is 1.08 bits per heavy atom. The minimum Gasteiger partial charge on any atom is -0.484 e. The van der Waals surface area contributed by atoms with Gasteiger partial charge in [0.25, 0.3) is 5.91 Å². The number of hydrogen-bond acceptors (Lipinski definition) is 4. The Kier molecular flexibility index (Phi) is 5.28. The number of nitrogens with zero attached hydrogens (tertiary/aromatic N) is 2. The largest absolute Gasteiger partial charge is 0.484 e. The van der Waals surface area contributed by atoms with E-state index in [1.165, 1.54) is 6.07 Å². The fourth-order valence-electron chi connectivity index (χ4n) is 2.39. The van der Waals surface area contributed by atoms with E-state index in [1.54, 1.807) is 35.1 Å². The molecule has 1 heterocycles. The molecule has 3 N–H and O–H groups in total. The van der Waals surface area contributed by atoms with Crippen LogP contribution in [0.3, 0.4) is 0 Å². The molecule has 7 nitrogen and oxygen atoms in total. The van der Waals surface area contributed by atoms with Crippen molar-refractivity contribution in [3.05, 3.63) is 78.0 Å². The molecule has 0 atom stereocenters. The summed E-state index contributed by atoms with van der Waals surface area (Å²) in [5, 5.41) is 6.99. The van der Waals surface area contributed by atoms with E-state index in [9.17, 15) is 9.59 Å². The van der Waals surface area contributed by atoms with Crippen LogP contribution in [0.5, 0.6) is 5.75 Å². The average Bonchev–Trinajstić information content (AvgIpc) is 3.07. The van der Waals surface area contributed by atoms with Gasteiger partial charge in [-0.1, -0.05) is 36.4 Å². The number of primary amides is 1. The summed E-state index contributed by atoms with van der Waals surface area (Å²) in [4.78, 5) is 23.3. The summed E-state index contributed by atoms with van der Waals surface area (Å²) in [5.74, 6) is 0.0941. The van der Waals surface area contributed by atoms with Gasteiger partial charge in [0, 0.05) is 11.6 Å². The number of carbonyl (C=O) groups is 2. The number of nitrogens with two attached hydrogens (primary N) is 1. The summed E-state index contributed by atoms with van der Waals surface area (Å²) >= 11 is 0. The predicted octanol–water partition coefficient (Wildman–Crippen LogP) is 2.05. The zero-order chi connectivity index (χ0) is 18.4. The van der Waals surface area contributed by atoms with Crippen molar-refractivity contribution < 1.29 is 14.3 Å². The van der Waals surface area contributed by atoms with E-state index in [4.69, 9.17) is 10.5 Å². The van der Waals surface area contributed by atoms with Crippen LogP contribution in [0.25, 0.3) is 0 Å². The quantitative estimate of drug-likeness (QED) is 0.681. The number of anilines is 1. The van der Waals surface area contributed by atoms with Crippen LogP contribution in [-0.2, 0) is 11.3 Å². The third-order valence-corrected chi connectivity index (χ3v) is 3.65. The average molecular weight is 350 g/mol. The Morgan fingerprint density at radius 3 is 2.65 bits per heavy atom. The molecule has 26 heavy (non-hydrogen) atoms. The Labute approximate surface area is 150 Å². The van der Waals surface area contributed by atoms with Gasteiger partial charge in [-0.3, -0.25) is 9.59 Å². The molecule has 3 aromatic rings. The number of benzene rings is 2. The molecule has 0 bridgehead atoms. The molecule has 0 aliphatic rings. The van der Waals surface area contributed by atoms with E-state index >= 15 is 0 Å². The fourth-order valence-corrected chi connectivity index (χ4v) is 2.39. The molecule has 0 radical (unpaired) electrons. The summed E-state index contributed by atoms with van der Waals surface area (Å²) in [6, 6.07) is 17.9. The van der Waals surface area contributed by atoms with Crippen molar-refractivity contribution in [3.8, 4) is 5.75 Å². The standard InChI is InChI=1S/C19H18N4O3/c20-19(25)15-7-4-8-16(11-15)26-13-18(24)22-17-9-10-21-23(17)12-14-5-2-1-3-6-14/h1-11H,12-13H2,(H2,20,25)(H,22,24). The Morgan fingerprint density at radius 2 is 1.88 bits per heavy atom. The van der Waals surface area contributed by atoms with Gasteiger partial charge in [0.15, 0.2) is 6.61 Å². The number of ether oxygens (including phenoxy) is 1. The highest BCUT2D eigenvalue weighted by molar-refractivity contribution is 5.93. The van der Waals surface area contributed by atoms with E-state index < -0.39 is 5.91 Å². The van der Waals surface area contributed by atoms with E-state index in [1.807, 2.05) is 30.3 Å². The van der Waals surface area contributed by atoms with E-state index in [0.29, 0.717) is 23.7 Å². The normalized spacial score (nSPS) is 10.3. The van der Waals surface area contributed by atoms with Crippen LogP contribution in [0.2, 0.25) is 0 Å². The van der Waals surface area contributed by atoms with Crippen molar-refractivity contribution in [2.45, 2.75) is 6.54 Å². The van der Waals surface area contributed by atoms with Crippen LogP contribution in [0.4, 0.5) is 5.82 Å². The van der Waals surface area contributed by atoms with Crippen molar-refractivity contribution in [3.63, 3.8) is 0 Å². The lowest BCUT2D eigenvalue weighted by molar-refractivity contribution is -0.118. The maximum absolute atomic E-state index is 12.1. The highest BCUT2D eigenvalue weighted by Crippen LogP contribution is 2.14. The zero-order valence-corrected chi connectivity index (χ0v) is 14.0. The van der Waals surface area contributed by atoms with Crippen LogP contribution >= 0.6 is 0 Å². The van der Waals surface area contributed by atoms with Gasteiger partial charge in [-0.25, -0.2) is 4.68 Å². The number of carbonyl (C=O) groups excluding carboxylic acids is 2. The molecule has 132 valence electrons. The van der Waals surface area contributed by atoms with Crippen LogP contribution in [0.1, 0.15) is 15.9 Å². The highest BCUT2D eigenvalue weighted by atomic mass is 16.5. The molecule has 0 spiro atoms. The van der Waals surface area contributed by atoms with Gasteiger partial charge in [0.2, 0.25) is 5.91 Å². The zero-order valence-electron chi connectivity index (χ0n) is 14.0. The summed E-state index contributed by atoms with van der Waals surface area (Å²) in [6.45, 7) is 0.351. The lowest BCUT2D eigenvalue weighted by Crippen LogP contribution is -2.22. The lowest BCUT2D eigenvalue weighted by Gasteiger charge is -2.10. The Bertz CT molecular complexity index is 906. The number of nitrogens with one attached hydrogen (secondary N) is 1. The molecule has 0 fully saturated rings. The monoisotopic (exact) mass is 350 g/mol. The van der Waals surface area contributed by atoms with Gasteiger partial charge in [0.1, 0.15) is 11.6 Å². The van der Waals surface area contributed by atoms with Crippen LogP contribution in [-0.4, -0.2) is 28.2 Å². The maximum Gasteiger partial charge on any atom is 0.263 e. The van der Waals surface area contributed by atoms with E-state index in [-0.39, 0.29) is 12.5 Å². The van der Waals surface area contributed by atoms with Gasteiger partial charge < -0.3 is 15.8 Å². The second-order valence-electron chi connectivity index (χ2n) is 5.59. The lowest BCUT2D eigenvalue weighted by atomic mass is 10.2. The topological polar surface area (TPSA) is 99.2 Å². The summed E-state index contributed by atoms with van der Waals surface area (Å²) in [7, 11) is 0. The molecule has 1 aromatic heterocycles. The van der Waals surface area contributed by atoms with Crippen molar-refractivity contribution >= 4 is 17.6 Å². The first-order valence-corrected chi connectivity index (χ1v) is 8.00. The minimum absolute atomic E-state index is 0.196. The first-order chi connectivity index (χ1) is 12.6. The first kappa shape index (κ1) is 17.2. The SMILES string of the molecule is NC(=O)c1cccc(OCC(=O)Nc2ccnn2Cc2ccccc2)c1. The van der Waals surface area contributed by atoms with E-state index in [0.717, 1.165) is 5.56 Å². The first-order valence-electron chi connectivity index (χ1n) is 8.00. The predicted molar refractivity (Wildman–Crippen MR) is 96.9 cm³/mol. The van der Waals surface area contributed by atoms with Gasteiger partial charge in [0.05, 0.1) is 12.7 Å². The van der Waals surface area contributed by atoms with E-state index in [2.05, 4.69) is 10.4 Å². The molecule has 0 aliphatic carbocycles. The van der Waals surface area contributed by atoms with Gasteiger partial charge in [-0.05, 0) is 23.8 Å². The molecule has 7 heteroatoms. The summed E-state index contributed by atoms with van der Waals surface area (Å²) < 4.78 is 7.11. The molecular formula is C19H18N4O3. The second-order valence-corrected chi connectivity index (χ2v) is 5.59. The highest BCUT2D eigenvalue weighted by Gasteiger charge is 2.09. The number of hydrogen-bond donors (Lipinski definition) is 2. The van der Waals surface area contributed by atoms with Gasteiger partial charge in [-0.15, -0.1) is 0 Å². The minimum atomic E-state index is -0.551.